The van der Waals surface area contributed by atoms with Gasteiger partial charge >= 0.3 is 0 Å². The van der Waals surface area contributed by atoms with Crippen LogP contribution in [0.5, 0.6) is 0 Å². The molecule has 1 heterocycles. The molecule has 0 radical (unpaired) electrons. The molecule has 1 aromatic heterocycles. The first-order valence-electron chi connectivity index (χ1n) is 6.64. The number of halogens is 1. The van der Waals surface area contributed by atoms with Crippen molar-refractivity contribution in [2.45, 2.75) is 0 Å². The van der Waals surface area contributed by atoms with E-state index in [1.807, 2.05) is 0 Å². The zero-order valence-corrected chi connectivity index (χ0v) is 12.7. The number of anilines is 1. The number of rotatable bonds is 4. The minimum atomic E-state index is -0.590. The quantitative estimate of drug-likeness (QED) is 0.553. The molecule has 0 fully saturated rings. The maximum absolute atomic E-state index is 12.3. The van der Waals surface area contributed by atoms with Crippen LogP contribution < -0.4 is 5.32 Å². The molecule has 3 rings (SSSR count). The molecule has 0 bridgehead atoms. The fourth-order valence-corrected chi connectivity index (χ4v) is 2.19. The molecular formula is C14H9ClN6O3. The van der Waals surface area contributed by atoms with Crippen molar-refractivity contribution in [3.63, 3.8) is 0 Å². The van der Waals surface area contributed by atoms with Gasteiger partial charge in [0.25, 0.3) is 11.6 Å². The van der Waals surface area contributed by atoms with Crippen LogP contribution in [0.3, 0.4) is 0 Å². The van der Waals surface area contributed by atoms with Crippen molar-refractivity contribution in [3.05, 3.63) is 63.2 Å². The molecule has 10 heteroatoms. The molecule has 0 atom stereocenters. The van der Waals surface area contributed by atoms with E-state index in [0.29, 0.717) is 11.5 Å². The number of hydrogen-bond acceptors (Lipinski definition) is 6. The largest absolute Gasteiger partial charge is 0.322 e. The van der Waals surface area contributed by atoms with Gasteiger partial charge in [-0.2, -0.15) is 5.21 Å². The predicted octanol–water partition coefficient (Wildman–Crippen LogP) is 2.68. The van der Waals surface area contributed by atoms with Crippen molar-refractivity contribution in [2.75, 3.05) is 5.32 Å². The average molecular weight is 345 g/mol. The molecular weight excluding hydrogens is 336 g/mol. The predicted molar refractivity (Wildman–Crippen MR) is 85.7 cm³/mol. The Morgan fingerprint density at radius 2 is 1.96 bits per heavy atom. The first kappa shape index (κ1) is 15.6. The molecule has 2 aromatic carbocycles. The second-order valence-electron chi connectivity index (χ2n) is 4.69. The van der Waals surface area contributed by atoms with E-state index in [1.54, 1.807) is 24.3 Å². The molecule has 1 amide bonds. The maximum Gasteiger partial charge on any atom is 0.270 e. The number of nitrogens with one attached hydrogen (secondary N) is 2. The monoisotopic (exact) mass is 344 g/mol. The summed E-state index contributed by atoms with van der Waals surface area (Å²) < 4.78 is 0. The van der Waals surface area contributed by atoms with Crippen molar-refractivity contribution in [2.24, 2.45) is 0 Å². The summed E-state index contributed by atoms with van der Waals surface area (Å²) in [6.07, 6.45) is 0. The first-order valence-corrected chi connectivity index (χ1v) is 7.01. The van der Waals surface area contributed by atoms with Crippen LogP contribution in [0.1, 0.15) is 10.4 Å². The number of H-pyrrole nitrogens is 1. The highest BCUT2D eigenvalue weighted by Crippen LogP contribution is 2.24. The van der Waals surface area contributed by atoms with Gasteiger partial charge in [0.15, 0.2) is 0 Å². The number of carbonyl (C=O) groups is 1. The topological polar surface area (TPSA) is 127 Å². The van der Waals surface area contributed by atoms with Crippen molar-refractivity contribution < 1.29 is 9.72 Å². The number of non-ortho nitro benzene ring substituents is 1. The Hall–Kier alpha value is -3.33. The van der Waals surface area contributed by atoms with Crippen LogP contribution in [0, 0.1) is 10.1 Å². The molecule has 3 aromatic rings. The number of hydrogen-bond donors (Lipinski definition) is 2. The van der Waals surface area contributed by atoms with Gasteiger partial charge in [0, 0.05) is 23.4 Å². The second-order valence-corrected chi connectivity index (χ2v) is 5.10. The summed E-state index contributed by atoms with van der Waals surface area (Å²) in [5, 5.41) is 27.1. The Morgan fingerprint density at radius 1 is 1.21 bits per heavy atom. The number of amides is 1. The number of tetrazole rings is 1. The zero-order chi connectivity index (χ0) is 17.1. The zero-order valence-electron chi connectivity index (χ0n) is 11.9. The van der Waals surface area contributed by atoms with Crippen LogP contribution in [0.25, 0.3) is 11.4 Å². The number of nitro benzene ring substituents is 1. The fourth-order valence-electron chi connectivity index (χ4n) is 1.99. The number of nitro groups is 1. The van der Waals surface area contributed by atoms with E-state index in [2.05, 4.69) is 25.9 Å². The third-order valence-electron chi connectivity index (χ3n) is 3.15. The Morgan fingerprint density at radius 3 is 2.58 bits per heavy atom. The van der Waals surface area contributed by atoms with Crippen LogP contribution in [-0.2, 0) is 0 Å². The van der Waals surface area contributed by atoms with E-state index in [1.165, 1.54) is 12.1 Å². The van der Waals surface area contributed by atoms with Crippen molar-refractivity contribution in [3.8, 4) is 11.4 Å². The molecule has 9 nitrogen and oxygen atoms in total. The third-order valence-corrected chi connectivity index (χ3v) is 3.48. The normalized spacial score (nSPS) is 10.4. The SMILES string of the molecule is O=C(Nc1ccc(-c2nn[nH]n2)cc1)c1cc([N+](=O)[O-])ccc1Cl. The Kier molecular flexibility index (Phi) is 4.17. The number of benzene rings is 2. The highest BCUT2D eigenvalue weighted by atomic mass is 35.5. The third kappa shape index (κ3) is 3.20. The number of aromatic amines is 1. The molecule has 120 valence electrons. The minimum Gasteiger partial charge on any atom is -0.322 e. The standard InChI is InChI=1S/C14H9ClN6O3/c15-12-6-5-10(21(23)24)7-11(12)14(22)16-9-3-1-8(2-4-9)13-17-19-20-18-13/h1-7H,(H,16,22)(H,17,18,19,20). The molecule has 0 unspecified atom stereocenters. The second kappa shape index (κ2) is 6.42. The molecule has 0 saturated carbocycles. The maximum atomic E-state index is 12.3. The molecule has 2 N–H and O–H groups in total. The number of nitrogens with zero attached hydrogens (tertiary/aromatic N) is 4. The van der Waals surface area contributed by atoms with E-state index in [9.17, 15) is 14.9 Å². The molecule has 0 aliphatic carbocycles. The number of carbonyl (C=O) groups excluding carboxylic acids is 1. The van der Waals surface area contributed by atoms with Crippen LogP contribution in [0.15, 0.2) is 42.5 Å². The fraction of sp³-hybridized carbons (Fsp3) is 0. The minimum absolute atomic E-state index is 0.0214. The summed E-state index contributed by atoms with van der Waals surface area (Å²) in [5.74, 6) is -0.120. The average Bonchev–Trinajstić information content (AvgIpc) is 3.10. The van der Waals surface area contributed by atoms with Gasteiger partial charge in [-0.15, -0.1) is 10.2 Å². The van der Waals surface area contributed by atoms with Gasteiger partial charge in [0.05, 0.1) is 15.5 Å². The summed E-state index contributed by atoms with van der Waals surface area (Å²) >= 11 is 5.94. The number of aromatic nitrogens is 4. The molecule has 0 aliphatic rings. The summed E-state index contributed by atoms with van der Waals surface area (Å²) in [6, 6.07) is 10.4. The van der Waals surface area contributed by atoms with Gasteiger partial charge in [-0.1, -0.05) is 11.6 Å². The van der Waals surface area contributed by atoms with E-state index in [4.69, 9.17) is 11.6 Å². The van der Waals surface area contributed by atoms with E-state index in [-0.39, 0.29) is 16.3 Å². The lowest BCUT2D eigenvalue weighted by Gasteiger charge is -2.07. The first-order chi connectivity index (χ1) is 11.5. The van der Waals surface area contributed by atoms with E-state index >= 15 is 0 Å². The Labute approximate surface area is 139 Å². The van der Waals surface area contributed by atoms with E-state index < -0.39 is 10.8 Å². The molecule has 0 saturated heterocycles. The lowest BCUT2D eigenvalue weighted by Crippen LogP contribution is -2.12. The van der Waals surface area contributed by atoms with Crippen molar-refractivity contribution in [1.82, 2.24) is 20.6 Å². The smallest absolute Gasteiger partial charge is 0.270 e. The molecule has 0 aliphatic heterocycles. The van der Waals surface area contributed by atoms with Gasteiger partial charge in [-0.3, -0.25) is 14.9 Å². The van der Waals surface area contributed by atoms with Crippen LogP contribution in [-0.4, -0.2) is 31.5 Å². The summed E-state index contributed by atoms with van der Waals surface area (Å²) in [6.45, 7) is 0. The van der Waals surface area contributed by atoms with Crippen LogP contribution in [0.2, 0.25) is 5.02 Å². The van der Waals surface area contributed by atoms with Gasteiger partial charge < -0.3 is 5.32 Å². The van der Waals surface area contributed by atoms with Crippen LogP contribution in [0.4, 0.5) is 11.4 Å². The molecule has 24 heavy (non-hydrogen) atoms. The lowest BCUT2D eigenvalue weighted by molar-refractivity contribution is -0.384. The van der Waals surface area contributed by atoms with Gasteiger partial charge in [-0.25, -0.2) is 0 Å². The Balaban J connectivity index is 1.80. The Bertz CT molecular complexity index is 895. The van der Waals surface area contributed by atoms with Crippen LogP contribution >= 0.6 is 11.6 Å². The lowest BCUT2D eigenvalue weighted by atomic mass is 10.1. The summed E-state index contributed by atoms with van der Waals surface area (Å²) in [7, 11) is 0. The summed E-state index contributed by atoms with van der Waals surface area (Å²) in [4.78, 5) is 22.5. The van der Waals surface area contributed by atoms with Gasteiger partial charge in [-0.05, 0) is 35.5 Å². The van der Waals surface area contributed by atoms with E-state index in [0.717, 1.165) is 11.6 Å². The molecule has 0 spiro atoms. The van der Waals surface area contributed by atoms with Gasteiger partial charge in [0.2, 0.25) is 5.82 Å². The summed E-state index contributed by atoms with van der Waals surface area (Å²) in [5.41, 5.74) is 1.02. The highest BCUT2D eigenvalue weighted by molar-refractivity contribution is 6.34. The van der Waals surface area contributed by atoms with Crippen molar-refractivity contribution >= 4 is 28.9 Å². The van der Waals surface area contributed by atoms with Crippen molar-refractivity contribution in [1.29, 1.82) is 0 Å². The van der Waals surface area contributed by atoms with Gasteiger partial charge in [0.1, 0.15) is 0 Å². The highest BCUT2D eigenvalue weighted by Gasteiger charge is 2.16.